The van der Waals surface area contributed by atoms with E-state index in [-0.39, 0.29) is 0 Å². The summed E-state index contributed by atoms with van der Waals surface area (Å²) in [5, 5.41) is 8.22. The number of hydrogen-bond donors (Lipinski definition) is 1. The topological polar surface area (TPSA) is 29.5 Å². The molecule has 0 amide bonds. The molecule has 0 aliphatic rings. The fraction of sp³-hybridized carbons (Fsp3) is 0. The molecule has 0 saturated heterocycles. The van der Waals surface area contributed by atoms with Gasteiger partial charge in [0.15, 0.2) is 0 Å². The fourth-order valence-electron chi connectivity index (χ4n) is 0.627. The minimum absolute atomic E-state index is 0.389. The van der Waals surface area contributed by atoms with Crippen LogP contribution < -0.4 is 0 Å². The van der Waals surface area contributed by atoms with E-state index in [1.807, 2.05) is 30.3 Å². The van der Waals surface area contributed by atoms with E-state index in [0.717, 1.165) is 5.56 Å². The van der Waals surface area contributed by atoms with Gasteiger partial charge in [-0.15, -0.1) is 0 Å². The molecule has 0 radical (unpaired) electrons. The number of benzene rings is 1. The average Bonchev–Trinajstić information content (AvgIpc) is 2.05. The van der Waals surface area contributed by atoms with Crippen LogP contribution in [0.2, 0.25) is 0 Å². The van der Waals surface area contributed by atoms with E-state index in [9.17, 15) is 0 Å². The molecule has 52 valence electrons. The summed E-state index contributed by atoms with van der Waals surface area (Å²) in [7, 11) is 0. The predicted molar refractivity (Wildman–Crippen MR) is 40.0 cm³/mol. The Bertz CT molecular complexity index is 220. The summed E-state index contributed by atoms with van der Waals surface area (Å²) in [5.41, 5.74) is 0.838. The molecule has 0 bridgehead atoms. The molecule has 2 nitrogen and oxygen atoms in total. The van der Waals surface area contributed by atoms with Gasteiger partial charge >= 0.3 is 66.2 Å². The third-order valence-electron chi connectivity index (χ3n) is 1.09. The fourth-order valence-corrected chi connectivity index (χ4v) is 0.912. The van der Waals surface area contributed by atoms with Gasteiger partial charge in [0.25, 0.3) is 0 Å². The van der Waals surface area contributed by atoms with E-state index < -0.39 is 0 Å². The summed E-state index contributed by atoms with van der Waals surface area (Å²) in [4.78, 5) is 4.00. The van der Waals surface area contributed by atoms with Crippen molar-refractivity contribution < 1.29 is 10.1 Å². The van der Waals surface area contributed by atoms with Crippen LogP contribution in [0.25, 0.3) is 0 Å². The van der Waals surface area contributed by atoms with E-state index in [1.165, 1.54) is 0 Å². The van der Waals surface area contributed by atoms with Crippen molar-refractivity contribution >= 4 is 20.2 Å². The van der Waals surface area contributed by atoms with E-state index in [4.69, 9.17) is 5.26 Å². The second-order valence-electron chi connectivity index (χ2n) is 1.74. The molecule has 0 spiro atoms. The molecule has 3 heteroatoms. The molecule has 10 heavy (non-hydrogen) atoms. The van der Waals surface area contributed by atoms with Gasteiger partial charge in [-0.1, -0.05) is 0 Å². The van der Waals surface area contributed by atoms with E-state index in [2.05, 4.69) is 20.5 Å². The molecule has 0 aliphatic heterocycles. The molecular weight excluding hydrogens is 195 g/mol. The van der Waals surface area contributed by atoms with Gasteiger partial charge in [0, 0.05) is 0 Å². The van der Waals surface area contributed by atoms with Crippen molar-refractivity contribution in [3.8, 4) is 0 Å². The van der Waals surface area contributed by atoms with Crippen LogP contribution in [0.15, 0.2) is 30.3 Å². The van der Waals surface area contributed by atoms with Crippen LogP contribution >= 0.6 is 0 Å². The SMILES string of the molecule is OOC(=[Se])c1ccccc1. The molecular formula is C7H6O2Se. The first-order valence-corrected chi connectivity index (χ1v) is 3.61. The van der Waals surface area contributed by atoms with Crippen molar-refractivity contribution in [3.63, 3.8) is 0 Å². The van der Waals surface area contributed by atoms with Crippen molar-refractivity contribution in [2.75, 3.05) is 0 Å². The second kappa shape index (κ2) is 3.52. The van der Waals surface area contributed by atoms with Crippen LogP contribution in [0.5, 0.6) is 0 Å². The van der Waals surface area contributed by atoms with E-state index >= 15 is 0 Å². The Hall–Kier alpha value is -0.631. The van der Waals surface area contributed by atoms with Crippen LogP contribution in [0.4, 0.5) is 0 Å². The van der Waals surface area contributed by atoms with Crippen LogP contribution in [0.1, 0.15) is 5.56 Å². The molecule has 0 heterocycles. The van der Waals surface area contributed by atoms with Gasteiger partial charge in [-0.3, -0.25) is 0 Å². The third-order valence-corrected chi connectivity index (χ3v) is 1.74. The van der Waals surface area contributed by atoms with Gasteiger partial charge in [-0.25, -0.2) is 0 Å². The molecule has 0 unspecified atom stereocenters. The first-order valence-electron chi connectivity index (χ1n) is 2.75. The monoisotopic (exact) mass is 202 g/mol. The van der Waals surface area contributed by atoms with Crippen LogP contribution in [-0.2, 0) is 4.89 Å². The van der Waals surface area contributed by atoms with Gasteiger partial charge < -0.3 is 0 Å². The summed E-state index contributed by atoms with van der Waals surface area (Å²) in [6.45, 7) is 0. The van der Waals surface area contributed by atoms with Crippen LogP contribution in [0.3, 0.4) is 0 Å². The van der Waals surface area contributed by atoms with Crippen molar-refractivity contribution in [1.82, 2.24) is 0 Å². The Kier molecular flexibility index (Phi) is 2.63. The Balaban J connectivity index is 2.85. The molecule has 1 aromatic carbocycles. The summed E-state index contributed by atoms with van der Waals surface area (Å²) in [6, 6.07) is 9.30. The first kappa shape index (κ1) is 7.48. The summed E-state index contributed by atoms with van der Waals surface area (Å²) >= 11 is 2.59. The Morgan fingerprint density at radius 3 is 2.40 bits per heavy atom. The quantitative estimate of drug-likeness (QED) is 0.436. The number of rotatable bonds is 2. The summed E-state index contributed by atoms with van der Waals surface area (Å²) in [5.74, 6) is 0. The average molecular weight is 201 g/mol. The van der Waals surface area contributed by atoms with E-state index in [1.54, 1.807) is 0 Å². The first-order chi connectivity index (χ1) is 4.84. The van der Waals surface area contributed by atoms with Gasteiger partial charge in [-0.2, -0.15) is 0 Å². The van der Waals surface area contributed by atoms with Gasteiger partial charge in [0.2, 0.25) is 0 Å². The minimum atomic E-state index is 0.389. The van der Waals surface area contributed by atoms with Crippen LogP contribution in [-0.4, -0.2) is 25.4 Å². The van der Waals surface area contributed by atoms with E-state index in [0.29, 0.717) is 4.60 Å². The zero-order valence-corrected chi connectivity index (χ0v) is 6.86. The molecule has 0 saturated carbocycles. The summed E-state index contributed by atoms with van der Waals surface area (Å²) in [6.07, 6.45) is 0. The normalized spacial score (nSPS) is 8.90. The van der Waals surface area contributed by atoms with Gasteiger partial charge in [0.1, 0.15) is 0 Å². The Morgan fingerprint density at radius 1 is 1.30 bits per heavy atom. The van der Waals surface area contributed by atoms with Crippen molar-refractivity contribution in [2.45, 2.75) is 0 Å². The standard InChI is InChI=1S/C7H6O2Se/c8-9-7(10)6-4-2-1-3-5-6/h1-5,8H. The van der Waals surface area contributed by atoms with Gasteiger partial charge in [-0.05, 0) is 0 Å². The van der Waals surface area contributed by atoms with Crippen molar-refractivity contribution in [2.24, 2.45) is 0 Å². The molecule has 0 fully saturated rings. The van der Waals surface area contributed by atoms with Crippen molar-refractivity contribution in [3.05, 3.63) is 35.9 Å². The predicted octanol–water partition coefficient (Wildman–Crippen LogP) is 0.823. The molecule has 1 N–H and O–H groups in total. The molecule has 1 aromatic rings. The van der Waals surface area contributed by atoms with Crippen LogP contribution in [0, 0.1) is 0 Å². The maximum absolute atomic E-state index is 8.22. The Morgan fingerprint density at radius 2 is 1.90 bits per heavy atom. The maximum atomic E-state index is 8.22. The third kappa shape index (κ3) is 1.67. The zero-order chi connectivity index (χ0) is 7.40. The summed E-state index contributed by atoms with van der Waals surface area (Å²) < 4.78 is 0.389. The molecule has 0 aliphatic carbocycles. The van der Waals surface area contributed by atoms with Gasteiger partial charge in [0.05, 0.1) is 0 Å². The molecule has 0 aromatic heterocycles. The zero-order valence-electron chi connectivity index (χ0n) is 5.15. The van der Waals surface area contributed by atoms with Crippen molar-refractivity contribution in [1.29, 1.82) is 0 Å². The Labute approximate surface area is 66.7 Å². The second-order valence-corrected chi connectivity index (χ2v) is 2.52. The molecule has 1 rings (SSSR count). The molecule has 0 atom stereocenters. The number of hydrogen-bond acceptors (Lipinski definition) is 2.